The van der Waals surface area contributed by atoms with E-state index in [9.17, 15) is 13.5 Å². The predicted molar refractivity (Wildman–Crippen MR) is 91.8 cm³/mol. The first-order valence-corrected chi connectivity index (χ1v) is 9.33. The van der Waals surface area contributed by atoms with Gasteiger partial charge in [-0.3, -0.25) is 0 Å². The van der Waals surface area contributed by atoms with Gasteiger partial charge in [-0.15, -0.1) is 0 Å². The van der Waals surface area contributed by atoms with Crippen LogP contribution < -0.4 is 4.74 Å². The summed E-state index contributed by atoms with van der Waals surface area (Å²) in [5.74, 6) is 0.691. The monoisotopic (exact) mass is 350 g/mol. The summed E-state index contributed by atoms with van der Waals surface area (Å²) in [6.45, 7) is 0.0844. The highest BCUT2D eigenvalue weighted by molar-refractivity contribution is 7.91. The number of rotatable bonds is 9. The molecule has 0 aliphatic heterocycles. The van der Waals surface area contributed by atoms with Crippen LogP contribution in [0.15, 0.2) is 59.5 Å². The normalized spacial score (nSPS) is 12.8. The van der Waals surface area contributed by atoms with Crippen LogP contribution in [0.1, 0.15) is 12.0 Å². The molecule has 0 amide bonds. The maximum atomic E-state index is 12.2. The fourth-order valence-corrected chi connectivity index (χ4v) is 3.58. The summed E-state index contributed by atoms with van der Waals surface area (Å²) < 4.78 is 35.2. The molecule has 0 spiro atoms. The Labute approximate surface area is 142 Å². The molecule has 1 N–H and O–H groups in total. The fraction of sp³-hybridized carbons (Fsp3) is 0.333. The molecule has 2 aromatic rings. The number of hydrogen-bond acceptors (Lipinski definition) is 5. The van der Waals surface area contributed by atoms with E-state index in [1.54, 1.807) is 37.4 Å². The van der Waals surface area contributed by atoms with Gasteiger partial charge in [0.15, 0.2) is 9.84 Å². The number of ether oxygens (including phenoxy) is 2. The molecule has 0 unspecified atom stereocenters. The van der Waals surface area contributed by atoms with Gasteiger partial charge >= 0.3 is 0 Å². The highest BCUT2D eigenvalue weighted by atomic mass is 32.2. The zero-order valence-corrected chi connectivity index (χ0v) is 14.4. The fourth-order valence-electron chi connectivity index (χ4n) is 2.20. The first-order chi connectivity index (χ1) is 11.5. The van der Waals surface area contributed by atoms with E-state index in [2.05, 4.69) is 0 Å². The number of hydrogen-bond donors (Lipinski definition) is 1. The van der Waals surface area contributed by atoms with Crippen LogP contribution in [0, 0.1) is 0 Å². The third kappa shape index (κ3) is 5.33. The molecule has 0 aliphatic rings. The maximum Gasteiger partial charge on any atom is 0.178 e. The second-order valence-electron chi connectivity index (χ2n) is 5.38. The molecular formula is C18H22O5S. The SMILES string of the molecule is COc1ccc(CO[C@H](CO)CCS(=O)(=O)c2ccccc2)cc1. The zero-order valence-electron chi connectivity index (χ0n) is 13.6. The second kappa shape index (κ2) is 8.82. The molecule has 0 aliphatic carbocycles. The van der Waals surface area contributed by atoms with Gasteiger partial charge in [0, 0.05) is 0 Å². The molecule has 0 saturated carbocycles. The Balaban J connectivity index is 1.87. The summed E-state index contributed by atoms with van der Waals surface area (Å²) >= 11 is 0. The van der Waals surface area contributed by atoms with Crippen LogP contribution >= 0.6 is 0 Å². The first-order valence-electron chi connectivity index (χ1n) is 7.68. The van der Waals surface area contributed by atoms with Gasteiger partial charge in [0.25, 0.3) is 0 Å². The summed E-state index contributed by atoms with van der Waals surface area (Å²) in [6.07, 6.45) is -0.283. The quantitative estimate of drug-likeness (QED) is 0.752. The van der Waals surface area contributed by atoms with Gasteiger partial charge in [-0.1, -0.05) is 30.3 Å². The highest BCUT2D eigenvalue weighted by Gasteiger charge is 2.17. The predicted octanol–water partition coefficient (Wildman–Crippen LogP) is 2.44. The van der Waals surface area contributed by atoms with Gasteiger partial charge in [-0.25, -0.2) is 8.42 Å². The van der Waals surface area contributed by atoms with Crippen LogP contribution in [0.5, 0.6) is 5.75 Å². The molecule has 24 heavy (non-hydrogen) atoms. The summed E-state index contributed by atoms with van der Waals surface area (Å²) in [7, 11) is -1.77. The Morgan fingerprint density at radius 1 is 1.04 bits per heavy atom. The van der Waals surface area contributed by atoms with Crippen molar-refractivity contribution < 1.29 is 23.0 Å². The minimum absolute atomic E-state index is 0.0646. The molecule has 0 radical (unpaired) electrons. The number of aliphatic hydroxyl groups excluding tert-OH is 1. The van der Waals surface area contributed by atoms with Gasteiger partial charge in [-0.05, 0) is 36.2 Å². The van der Waals surface area contributed by atoms with E-state index >= 15 is 0 Å². The van der Waals surface area contributed by atoms with Crippen LogP contribution in [0.2, 0.25) is 0 Å². The van der Waals surface area contributed by atoms with Crippen LogP contribution in [0.4, 0.5) is 0 Å². The summed E-state index contributed by atoms with van der Waals surface area (Å²) in [4.78, 5) is 0.289. The Bertz CT molecular complexity index is 711. The van der Waals surface area contributed by atoms with E-state index in [0.717, 1.165) is 11.3 Å². The van der Waals surface area contributed by atoms with Crippen molar-refractivity contribution in [3.63, 3.8) is 0 Å². The summed E-state index contributed by atoms with van der Waals surface area (Å²) in [5, 5.41) is 9.41. The van der Waals surface area contributed by atoms with Gasteiger partial charge in [0.1, 0.15) is 5.75 Å². The smallest absolute Gasteiger partial charge is 0.178 e. The topological polar surface area (TPSA) is 72.8 Å². The molecule has 0 fully saturated rings. The van der Waals surface area contributed by atoms with E-state index in [4.69, 9.17) is 9.47 Å². The number of sulfone groups is 1. The Hall–Kier alpha value is -1.89. The van der Waals surface area contributed by atoms with Crippen LogP contribution in [0.25, 0.3) is 0 Å². The maximum absolute atomic E-state index is 12.2. The molecule has 1 atom stereocenters. The molecule has 0 aromatic heterocycles. The van der Waals surface area contributed by atoms with E-state index in [1.807, 2.05) is 24.3 Å². The van der Waals surface area contributed by atoms with Crippen molar-refractivity contribution in [3.8, 4) is 5.75 Å². The lowest BCUT2D eigenvalue weighted by atomic mass is 10.2. The minimum atomic E-state index is -3.37. The lowest BCUT2D eigenvalue weighted by Gasteiger charge is -2.16. The molecule has 5 nitrogen and oxygen atoms in total. The van der Waals surface area contributed by atoms with Crippen molar-refractivity contribution in [1.29, 1.82) is 0 Å². The summed E-state index contributed by atoms with van der Waals surface area (Å²) in [6, 6.07) is 15.7. The summed E-state index contributed by atoms with van der Waals surface area (Å²) in [5.41, 5.74) is 0.931. The van der Waals surface area contributed by atoms with Gasteiger partial charge < -0.3 is 14.6 Å². The van der Waals surface area contributed by atoms with Crippen LogP contribution in [-0.2, 0) is 21.2 Å². The number of benzene rings is 2. The Morgan fingerprint density at radius 3 is 2.29 bits per heavy atom. The average Bonchev–Trinajstić information content (AvgIpc) is 2.63. The lowest BCUT2D eigenvalue weighted by molar-refractivity contribution is 0.00121. The largest absolute Gasteiger partial charge is 0.497 e. The van der Waals surface area contributed by atoms with Gasteiger partial charge in [-0.2, -0.15) is 0 Å². The van der Waals surface area contributed by atoms with Crippen molar-refractivity contribution in [1.82, 2.24) is 0 Å². The molecule has 130 valence electrons. The molecule has 0 bridgehead atoms. The Morgan fingerprint density at radius 2 is 1.71 bits per heavy atom. The van der Waals surface area contributed by atoms with Crippen molar-refractivity contribution in [2.24, 2.45) is 0 Å². The third-order valence-electron chi connectivity index (χ3n) is 3.66. The molecule has 2 rings (SSSR count). The number of aliphatic hydroxyl groups is 1. The van der Waals surface area contributed by atoms with Crippen molar-refractivity contribution in [2.75, 3.05) is 19.5 Å². The van der Waals surface area contributed by atoms with E-state index < -0.39 is 15.9 Å². The number of methoxy groups -OCH3 is 1. The Kier molecular flexibility index (Phi) is 6.78. The lowest BCUT2D eigenvalue weighted by Crippen LogP contribution is -2.22. The standard InChI is InChI=1S/C18H22O5S/c1-22-16-9-7-15(8-10-16)14-23-17(13-19)11-12-24(20,21)18-5-3-2-4-6-18/h2-10,17,19H,11-14H2,1H3/t17-/m0/s1. The van der Waals surface area contributed by atoms with E-state index in [1.165, 1.54) is 0 Å². The van der Waals surface area contributed by atoms with Crippen molar-refractivity contribution in [3.05, 3.63) is 60.2 Å². The molecule has 0 heterocycles. The average molecular weight is 350 g/mol. The van der Waals surface area contributed by atoms with Crippen molar-refractivity contribution in [2.45, 2.75) is 24.0 Å². The molecule has 6 heteroatoms. The van der Waals surface area contributed by atoms with Crippen LogP contribution in [-0.4, -0.2) is 39.1 Å². The zero-order chi connectivity index (χ0) is 17.4. The van der Waals surface area contributed by atoms with E-state index in [0.29, 0.717) is 6.61 Å². The van der Waals surface area contributed by atoms with E-state index in [-0.39, 0.29) is 23.7 Å². The van der Waals surface area contributed by atoms with Gasteiger partial charge in [0.05, 0.1) is 37.1 Å². The highest BCUT2D eigenvalue weighted by Crippen LogP contribution is 2.15. The second-order valence-corrected chi connectivity index (χ2v) is 7.49. The van der Waals surface area contributed by atoms with Crippen LogP contribution in [0.3, 0.4) is 0 Å². The molecule has 0 saturated heterocycles. The van der Waals surface area contributed by atoms with Crippen molar-refractivity contribution >= 4 is 9.84 Å². The minimum Gasteiger partial charge on any atom is -0.497 e. The third-order valence-corrected chi connectivity index (χ3v) is 5.42. The first kappa shape index (κ1) is 18.4. The molecular weight excluding hydrogens is 328 g/mol. The molecule has 2 aromatic carbocycles. The van der Waals surface area contributed by atoms with Gasteiger partial charge in [0.2, 0.25) is 0 Å².